The van der Waals surface area contributed by atoms with Crippen molar-refractivity contribution in [2.24, 2.45) is 0 Å². The lowest BCUT2D eigenvalue weighted by molar-refractivity contribution is 0.0751. The highest BCUT2D eigenvalue weighted by atomic mass is 28.2. The molecule has 0 fully saturated rings. The lowest BCUT2D eigenvalue weighted by Gasteiger charge is -1.98. The molecule has 2 nitrogen and oxygen atoms in total. The summed E-state index contributed by atoms with van der Waals surface area (Å²) in [6.45, 7) is 0. The molecule has 0 aromatic rings. The zero-order valence-corrected chi connectivity index (χ0v) is 8.36. The van der Waals surface area contributed by atoms with Crippen LogP contribution < -0.4 is 0 Å². The van der Waals surface area contributed by atoms with E-state index in [-0.39, 0.29) is 5.97 Å². The summed E-state index contributed by atoms with van der Waals surface area (Å²) in [7, 11) is 2.73. The molecule has 0 aliphatic heterocycles. The average Bonchev–Trinajstić information content (AvgIpc) is 2.46. The Morgan fingerprint density at radius 1 is 1.07 bits per heavy atom. The van der Waals surface area contributed by atoms with Gasteiger partial charge in [-0.05, 0) is 17.2 Å². The number of hydrogen-bond donors (Lipinski definition) is 0. The van der Waals surface area contributed by atoms with Gasteiger partial charge < -0.3 is 4.43 Å². The second-order valence-electron chi connectivity index (χ2n) is 2.92. The van der Waals surface area contributed by atoms with Gasteiger partial charge in [0.15, 0.2) is 0 Å². The van der Waals surface area contributed by atoms with Crippen LogP contribution in [-0.2, 0) is 4.43 Å². The third-order valence-corrected chi connectivity index (χ3v) is 2.29. The lowest BCUT2D eigenvalue weighted by Crippen LogP contribution is -2.01. The molecule has 67 valence electrons. The van der Waals surface area contributed by atoms with Crippen molar-refractivity contribution in [3.8, 4) is 11.1 Å². The van der Waals surface area contributed by atoms with Gasteiger partial charge in [0.05, 0.1) is 5.56 Å². The van der Waals surface area contributed by atoms with Gasteiger partial charge in [0.1, 0.15) is 0 Å². The lowest BCUT2D eigenvalue weighted by atomic mass is 10.1. The van der Waals surface area contributed by atoms with Gasteiger partial charge >= 0.3 is 16.5 Å². The Kier molecular flexibility index (Phi) is 2.33. The van der Waals surface area contributed by atoms with E-state index < -0.39 is 0 Å². The van der Waals surface area contributed by atoms with Crippen molar-refractivity contribution in [1.29, 1.82) is 0 Å². The first-order valence-corrected chi connectivity index (χ1v) is 4.59. The Hall–Kier alpha value is -1.61. The molecule has 2 rings (SSSR count). The van der Waals surface area contributed by atoms with Crippen molar-refractivity contribution in [2.75, 3.05) is 0 Å². The predicted molar refractivity (Wildman–Crippen MR) is 54.2 cm³/mol. The van der Waals surface area contributed by atoms with Gasteiger partial charge in [0.25, 0.3) is 0 Å². The summed E-state index contributed by atoms with van der Waals surface area (Å²) in [5, 5.41) is 0. The molecule has 2 aliphatic carbocycles. The quantitative estimate of drug-likeness (QED) is 0.657. The molecule has 0 N–H and O–H groups in total. The molecule has 0 aromatic carbocycles. The van der Waals surface area contributed by atoms with Crippen LogP contribution in [0.2, 0.25) is 0 Å². The third kappa shape index (κ3) is 1.42. The van der Waals surface area contributed by atoms with Gasteiger partial charge in [-0.25, -0.2) is 4.79 Å². The van der Waals surface area contributed by atoms with E-state index in [1.807, 2.05) is 36.4 Å². The minimum atomic E-state index is -0.372. The van der Waals surface area contributed by atoms with Crippen LogP contribution in [0.25, 0.3) is 11.1 Å². The Morgan fingerprint density at radius 3 is 2.64 bits per heavy atom. The molecule has 0 amide bonds. The largest absolute Gasteiger partial charge is 0.513 e. The monoisotopic (exact) mass is 199 g/mol. The van der Waals surface area contributed by atoms with Gasteiger partial charge in [-0.2, -0.15) is 0 Å². The number of fused-ring (bicyclic) bond motifs is 1. The fourth-order valence-electron chi connectivity index (χ4n) is 1.45. The zero-order valence-electron chi connectivity index (χ0n) is 7.36. The molecule has 0 saturated carbocycles. The van der Waals surface area contributed by atoms with Crippen molar-refractivity contribution in [1.82, 2.24) is 0 Å². The van der Waals surface area contributed by atoms with Crippen LogP contribution in [0.4, 0.5) is 0 Å². The first kappa shape index (κ1) is 8.96. The molecular formula is C11H7O2Si. The second kappa shape index (κ2) is 3.63. The topological polar surface area (TPSA) is 26.3 Å². The number of rotatable bonds is 1. The fraction of sp³-hybridized carbons (Fsp3) is 0. The fourth-order valence-corrected chi connectivity index (χ4v) is 1.56. The normalized spacial score (nSPS) is 10.1. The summed E-state index contributed by atoms with van der Waals surface area (Å²) in [5.41, 5.74) is 2.51. The van der Waals surface area contributed by atoms with Gasteiger partial charge in [-0.3, -0.25) is 0 Å². The van der Waals surface area contributed by atoms with E-state index in [4.69, 9.17) is 0 Å². The third-order valence-electron chi connectivity index (χ3n) is 2.10. The summed E-state index contributed by atoms with van der Waals surface area (Å²) < 4.78 is 4.50. The standard InChI is InChI=1S/C11H7O2Si/c12-11(13-14)10-7-6-8-4-2-1-3-5-9(8)10/h1-7H. The Morgan fingerprint density at radius 2 is 1.86 bits per heavy atom. The number of carbonyl (C=O) groups is 1. The minimum absolute atomic E-state index is 0.372. The summed E-state index contributed by atoms with van der Waals surface area (Å²) in [4.78, 5) is 11.3. The van der Waals surface area contributed by atoms with E-state index in [2.05, 4.69) is 14.9 Å². The van der Waals surface area contributed by atoms with Crippen molar-refractivity contribution < 1.29 is 9.22 Å². The van der Waals surface area contributed by atoms with Crippen LogP contribution in [0, 0.1) is 0 Å². The van der Waals surface area contributed by atoms with Crippen LogP contribution >= 0.6 is 0 Å². The first-order valence-electron chi connectivity index (χ1n) is 4.18. The van der Waals surface area contributed by atoms with Crippen molar-refractivity contribution in [2.45, 2.75) is 0 Å². The van der Waals surface area contributed by atoms with Crippen molar-refractivity contribution in [3.63, 3.8) is 0 Å². The molecular weight excluding hydrogens is 192 g/mol. The van der Waals surface area contributed by atoms with Crippen LogP contribution in [0.15, 0.2) is 42.5 Å². The van der Waals surface area contributed by atoms with Crippen molar-refractivity contribution >= 4 is 16.5 Å². The maximum Gasteiger partial charge on any atom is 0.345 e. The molecule has 3 heteroatoms. The highest BCUT2D eigenvalue weighted by Crippen LogP contribution is 2.26. The van der Waals surface area contributed by atoms with Gasteiger partial charge in [-0.15, -0.1) is 0 Å². The highest BCUT2D eigenvalue weighted by molar-refractivity contribution is 6.11. The smallest absolute Gasteiger partial charge is 0.345 e. The molecule has 14 heavy (non-hydrogen) atoms. The number of carbonyl (C=O) groups excluding carboxylic acids is 1. The second-order valence-corrected chi connectivity index (χ2v) is 3.12. The molecule has 0 spiro atoms. The number of hydrogen-bond acceptors (Lipinski definition) is 2. The Balaban J connectivity index is 2.58. The average molecular weight is 199 g/mol. The molecule has 2 aliphatic rings. The van der Waals surface area contributed by atoms with E-state index in [1.165, 1.54) is 0 Å². The van der Waals surface area contributed by atoms with E-state index in [1.54, 1.807) is 6.07 Å². The van der Waals surface area contributed by atoms with Crippen LogP contribution in [0.1, 0.15) is 10.4 Å². The summed E-state index contributed by atoms with van der Waals surface area (Å²) in [5.74, 6) is -0.372. The molecule has 0 aromatic heterocycles. The first-order chi connectivity index (χ1) is 6.83. The van der Waals surface area contributed by atoms with Gasteiger partial charge in [0, 0.05) is 0 Å². The Bertz CT molecular complexity index is 439. The summed E-state index contributed by atoms with van der Waals surface area (Å²) in [6.07, 6.45) is 0. The van der Waals surface area contributed by atoms with E-state index in [9.17, 15) is 4.79 Å². The van der Waals surface area contributed by atoms with E-state index >= 15 is 0 Å². The van der Waals surface area contributed by atoms with Gasteiger partial charge in [0.2, 0.25) is 0 Å². The molecule has 0 unspecified atom stereocenters. The van der Waals surface area contributed by atoms with Crippen LogP contribution in [0.3, 0.4) is 0 Å². The SMILES string of the molecule is O=C(O[Si])c1ccc2cccccc1-2. The van der Waals surface area contributed by atoms with Gasteiger partial charge in [-0.1, -0.05) is 36.4 Å². The van der Waals surface area contributed by atoms with Crippen molar-refractivity contribution in [3.05, 3.63) is 48.0 Å². The molecule has 0 atom stereocenters. The summed E-state index contributed by atoms with van der Waals surface area (Å²) in [6, 6.07) is 13.3. The van der Waals surface area contributed by atoms with Crippen LogP contribution in [-0.4, -0.2) is 16.5 Å². The molecule has 0 saturated heterocycles. The maximum atomic E-state index is 11.3. The zero-order chi connectivity index (χ0) is 9.97. The summed E-state index contributed by atoms with van der Waals surface area (Å²) >= 11 is 0. The van der Waals surface area contributed by atoms with E-state index in [0.29, 0.717) is 5.56 Å². The van der Waals surface area contributed by atoms with E-state index in [0.717, 1.165) is 11.1 Å². The minimum Gasteiger partial charge on any atom is -0.513 e. The van der Waals surface area contributed by atoms with Crippen LogP contribution in [0.5, 0.6) is 0 Å². The Labute approximate surface area is 85.4 Å². The highest BCUT2D eigenvalue weighted by Gasteiger charge is 2.14. The molecule has 0 heterocycles. The molecule has 0 bridgehead atoms. The predicted octanol–water partition coefficient (Wildman–Crippen LogP) is 2.03. The maximum absolute atomic E-state index is 11.3. The molecule has 3 radical (unpaired) electrons.